The zero-order chi connectivity index (χ0) is 15.0. The van der Waals surface area contributed by atoms with Crippen LogP contribution in [0.25, 0.3) is 10.9 Å². The van der Waals surface area contributed by atoms with E-state index in [1.54, 1.807) is 24.3 Å². The van der Waals surface area contributed by atoms with E-state index in [1.165, 1.54) is 30.5 Å². The topological polar surface area (TPSA) is 87.2 Å². The van der Waals surface area contributed by atoms with Crippen LogP contribution in [0.1, 0.15) is 10.4 Å². The van der Waals surface area contributed by atoms with Crippen molar-refractivity contribution in [3.05, 3.63) is 60.3 Å². The van der Waals surface area contributed by atoms with Crippen molar-refractivity contribution >= 4 is 26.7 Å². The Morgan fingerprint density at radius 3 is 2.57 bits per heavy atom. The van der Waals surface area contributed by atoms with E-state index >= 15 is 0 Å². The summed E-state index contributed by atoms with van der Waals surface area (Å²) in [5.41, 5.74) is 0.654. The van der Waals surface area contributed by atoms with Crippen LogP contribution < -0.4 is 0 Å². The molecule has 0 unspecified atom stereocenters. The number of sulfone groups is 1. The summed E-state index contributed by atoms with van der Waals surface area (Å²) < 4.78 is 25.3. The van der Waals surface area contributed by atoms with Crippen molar-refractivity contribution in [3.63, 3.8) is 0 Å². The normalized spacial score (nSPS) is 11.6. The Morgan fingerprint density at radius 2 is 1.81 bits per heavy atom. The predicted molar refractivity (Wildman–Crippen MR) is 77.2 cm³/mol. The molecule has 0 saturated heterocycles. The number of carboxylic acid groups (broad SMARTS) is 1. The van der Waals surface area contributed by atoms with Crippen LogP contribution in [0.15, 0.2) is 64.5 Å². The molecule has 0 saturated carbocycles. The quantitative estimate of drug-likeness (QED) is 0.778. The fourth-order valence-corrected chi connectivity index (χ4v) is 3.67. The number of hydrogen-bond donors (Lipinski definition) is 2. The molecular formula is C15H11NO4S. The molecule has 2 N–H and O–H groups in total. The van der Waals surface area contributed by atoms with Crippen LogP contribution in [-0.4, -0.2) is 24.5 Å². The molecule has 1 heterocycles. The van der Waals surface area contributed by atoms with Crippen molar-refractivity contribution in [3.8, 4) is 0 Å². The van der Waals surface area contributed by atoms with Crippen molar-refractivity contribution in [1.29, 1.82) is 0 Å². The average molecular weight is 301 g/mol. The molecule has 0 aliphatic carbocycles. The van der Waals surface area contributed by atoms with Gasteiger partial charge in [-0.25, -0.2) is 13.2 Å². The Labute approximate surface area is 120 Å². The fourth-order valence-electron chi connectivity index (χ4n) is 2.19. The number of rotatable bonds is 3. The zero-order valence-corrected chi connectivity index (χ0v) is 11.6. The van der Waals surface area contributed by atoms with E-state index in [1.807, 2.05) is 0 Å². The molecule has 6 heteroatoms. The molecule has 0 aliphatic heterocycles. The number of H-pyrrole nitrogens is 1. The number of aromatic nitrogens is 1. The molecule has 2 aromatic carbocycles. The summed E-state index contributed by atoms with van der Waals surface area (Å²) in [6.45, 7) is 0. The molecule has 0 fully saturated rings. The number of aromatic amines is 1. The van der Waals surface area contributed by atoms with Gasteiger partial charge < -0.3 is 10.1 Å². The number of para-hydroxylation sites is 1. The standard InChI is InChI=1S/C15H11NO4S/c17-15(18)10-4-3-5-11(8-10)21(19,20)14-9-16-13-7-2-1-6-12(13)14/h1-9,16H,(H,17,18). The molecule has 0 atom stereocenters. The summed E-state index contributed by atoms with van der Waals surface area (Å²) >= 11 is 0. The lowest BCUT2D eigenvalue weighted by Crippen LogP contribution is -2.04. The van der Waals surface area contributed by atoms with Gasteiger partial charge >= 0.3 is 5.97 Å². The third-order valence-corrected chi connectivity index (χ3v) is 5.02. The highest BCUT2D eigenvalue weighted by Crippen LogP contribution is 2.28. The van der Waals surface area contributed by atoms with Gasteiger partial charge in [0, 0.05) is 17.1 Å². The fraction of sp³-hybridized carbons (Fsp3) is 0. The van der Waals surface area contributed by atoms with Gasteiger partial charge in [0.2, 0.25) is 9.84 Å². The maximum absolute atomic E-state index is 12.7. The lowest BCUT2D eigenvalue weighted by atomic mass is 10.2. The first kappa shape index (κ1) is 13.4. The highest BCUT2D eigenvalue weighted by molar-refractivity contribution is 7.91. The van der Waals surface area contributed by atoms with Gasteiger partial charge in [0.1, 0.15) is 0 Å². The SMILES string of the molecule is O=C(O)c1cccc(S(=O)(=O)c2c[nH]c3ccccc23)c1. The summed E-state index contributed by atoms with van der Waals surface area (Å²) in [4.78, 5) is 14.0. The number of hydrogen-bond acceptors (Lipinski definition) is 3. The maximum Gasteiger partial charge on any atom is 0.335 e. The number of fused-ring (bicyclic) bond motifs is 1. The van der Waals surface area contributed by atoms with Gasteiger partial charge in [-0.2, -0.15) is 0 Å². The van der Waals surface area contributed by atoms with Gasteiger partial charge in [-0.3, -0.25) is 0 Å². The number of carboxylic acids is 1. The summed E-state index contributed by atoms with van der Waals surface area (Å²) in [6, 6.07) is 12.4. The van der Waals surface area contributed by atoms with Crippen LogP contribution in [0.2, 0.25) is 0 Å². The summed E-state index contributed by atoms with van der Waals surface area (Å²) in [7, 11) is -3.77. The first-order chi connectivity index (χ1) is 10.00. The average Bonchev–Trinajstić information content (AvgIpc) is 2.92. The van der Waals surface area contributed by atoms with Gasteiger partial charge in [0.05, 0.1) is 15.4 Å². The Balaban J connectivity index is 2.21. The molecule has 0 bridgehead atoms. The Bertz CT molecular complexity index is 941. The monoisotopic (exact) mass is 301 g/mol. The minimum Gasteiger partial charge on any atom is -0.478 e. The van der Waals surface area contributed by atoms with Crippen molar-refractivity contribution in [2.75, 3.05) is 0 Å². The van der Waals surface area contributed by atoms with Crippen LogP contribution in [0.4, 0.5) is 0 Å². The van der Waals surface area contributed by atoms with E-state index in [0.29, 0.717) is 10.9 Å². The van der Waals surface area contributed by atoms with Crippen LogP contribution in [0, 0.1) is 0 Å². The molecule has 1 aromatic heterocycles. The number of aromatic carboxylic acids is 1. The molecule has 5 nitrogen and oxygen atoms in total. The molecular weight excluding hydrogens is 290 g/mol. The Kier molecular flexibility index (Phi) is 3.03. The smallest absolute Gasteiger partial charge is 0.335 e. The maximum atomic E-state index is 12.7. The Hall–Kier alpha value is -2.60. The molecule has 0 amide bonds. The lowest BCUT2D eigenvalue weighted by molar-refractivity contribution is 0.0696. The van der Waals surface area contributed by atoms with E-state index in [0.717, 1.165) is 0 Å². The van der Waals surface area contributed by atoms with Crippen molar-refractivity contribution in [2.45, 2.75) is 9.79 Å². The largest absolute Gasteiger partial charge is 0.478 e. The molecule has 0 spiro atoms. The first-order valence-corrected chi connectivity index (χ1v) is 7.63. The van der Waals surface area contributed by atoms with Crippen LogP contribution in [-0.2, 0) is 9.84 Å². The molecule has 0 aliphatic rings. The minimum atomic E-state index is -3.77. The molecule has 0 radical (unpaired) electrons. The highest BCUT2D eigenvalue weighted by Gasteiger charge is 2.22. The van der Waals surface area contributed by atoms with E-state index in [2.05, 4.69) is 4.98 Å². The molecule has 3 rings (SSSR count). The third-order valence-electron chi connectivity index (χ3n) is 3.23. The van der Waals surface area contributed by atoms with Crippen molar-refractivity contribution < 1.29 is 18.3 Å². The highest BCUT2D eigenvalue weighted by atomic mass is 32.2. The van der Waals surface area contributed by atoms with Gasteiger partial charge in [0.15, 0.2) is 0 Å². The molecule has 3 aromatic rings. The summed E-state index contributed by atoms with van der Waals surface area (Å²) in [5.74, 6) is -1.16. The second kappa shape index (κ2) is 4.75. The third kappa shape index (κ3) is 2.19. The van der Waals surface area contributed by atoms with E-state index in [4.69, 9.17) is 5.11 Å². The predicted octanol–water partition coefficient (Wildman–Crippen LogP) is 2.70. The van der Waals surface area contributed by atoms with Gasteiger partial charge in [-0.1, -0.05) is 24.3 Å². The van der Waals surface area contributed by atoms with Crippen molar-refractivity contribution in [1.82, 2.24) is 4.98 Å². The van der Waals surface area contributed by atoms with Crippen LogP contribution in [0.5, 0.6) is 0 Å². The van der Waals surface area contributed by atoms with Gasteiger partial charge in [0.25, 0.3) is 0 Å². The number of benzene rings is 2. The minimum absolute atomic E-state index is 0.0350. The first-order valence-electron chi connectivity index (χ1n) is 6.15. The lowest BCUT2D eigenvalue weighted by Gasteiger charge is -2.04. The van der Waals surface area contributed by atoms with Gasteiger partial charge in [-0.05, 0) is 24.3 Å². The van der Waals surface area contributed by atoms with Crippen LogP contribution in [0.3, 0.4) is 0 Å². The molecule has 106 valence electrons. The summed E-state index contributed by atoms with van der Waals surface area (Å²) in [5, 5.41) is 9.56. The molecule has 21 heavy (non-hydrogen) atoms. The second-order valence-electron chi connectivity index (χ2n) is 4.53. The van der Waals surface area contributed by atoms with Crippen molar-refractivity contribution in [2.24, 2.45) is 0 Å². The number of nitrogens with one attached hydrogen (secondary N) is 1. The van der Waals surface area contributed by atoms with E-state index in [-0.39, 0.29) is 15.4 Å². The van der Waals surface area contributed by atoms with Crippen LogP contribution >= 0.6 is 0 Å². The zero-order valence-electron chi connectivity index (χ0n) is 10.8. The second-order valence-corrected chi connectivity index (χ2v) is 6.45. The van der Waals surface area contributed by atoms with Gasteiger partial charge in [-0.15, -0.1) is 0 Å². The Morgan fingerprint density at radius 1 is 1.05 bits per heavy atom. The summed E-state index contributed by atoms with van der Waals surface area (Å²) in [6.07, 6.45) is 1.42. The van der Waals surface area contributed by atoms with E-state index in [9.17, 15) is 13.2 Å². The number of carbonyl (C=O) groups is 1. The van der Waals surface area contributed by atoms with E-state index < -0.39 is 15.8 Å².